The number of carbonyl (C=O) groups excluding carboxylic acids is 1. The number of ketones is 1. The molecule has 4 heteroatoms. The fourth-order valence-corrected chi connectivity index (χ4v) is 1.10. The summed E-state index contributed by atoms with van der Waals surface area (Å²) in [6.07, 6.45) is 1.80. The molecule has 0 saturated heterocycles. The Balaban J connectivity index is 5.20. The van der Waals surface area contributed by atoms with Crippen molar-refractivity contribution in [3.05, 3.63) is 23.1 Å². The molecule has 15 heavy (non-hydrogen) atoms. The van der Waals surface area contributed by atoms with Crippen molar-refractivity contribution in [3.8, 4) is 6.07 Å². The molecule has 0 spiro atoms. The Morgan fingerprint density at radius 1 is 1.53 bits per heavy atom. The van der Waals surface area contributed by atoms with Crippen LogP contribution in [0.3, 0.4) is 0 Å². The third-order valence-corrected chi connectivity index (χ3v) is 1.68. The number of nitriles is 1. The summed E-state index contributed by atoms with van der Waals surface area (Å²) in [5.74, 6) is 0.335. The fraction of sp³-hybridized carbons (Fsp3) is 0.455. The van der Waals surface area contributed by atoms with Crippen LogP contribution >= 0.6 is 0 Å². The first kappa shape index (κ1) is 13.2. The van der Waals surface area contributed by atoms with Crippen LogP contribution in [0.15, 0.2) is 23.1 Å². The zero-order chi connectivity index (χ0) is 11.8. The molecule has 0 unspecified atom stereocenters. The molecular weight excluding hydrogens is 192 g/mol. The molecule has 0 saturated carbocycles. The van der Waals surface area contributed by atoms with E-state index in [1.54, 1.807) is 0 Å². The first-order valence-corrected chi connectivity index (χ1v) is 4.80. The Kier molecular flexibility index (Phi) is 5.88. The summed E-state index contributed by atoms with van der Waals surface area (Å²) in [6.45, 7) is 5.55. The van der Waals surface area contributed by atoms with E-state index < -0.39 is 0 Å². The largest absolute Gasteiger partial charge is 0.497 e. The standard InChI is InChI=1S/C11H16N2O2/c1-4-11(15-5-2)9(7-12)10(13)6-8(3)14/h6H,4-5,13H2,1-3H3/b10-6-,11-9-. The van der Waals surface area contributed by atoms with Gasteiger partial charge in [0.2, 0.25) is 0 Å². The highest BCUT2D eigenvalue weighted by molar-refractivity contribution is 5.88. The molecule has 0 atom stereocenters. The van der Waals surface area contributed by atoms with E-state index in [4.69, 9.17) is 15.7 Å². The molecule has 0 aromatic heterocycles. The third kappa shape index (κ3) is 4.32. The average Bonchev–Trinajstić information content (AvgIpc) is 2.16. The zero-order valence-corrected chi connectivity index (χ0v) is 9.33. The fourth-order valence-electron chi connectivity index (χ4n) is 1.10. The number of carbonyl (C=O) groups is 1. The average molecular weight is 208 g/mol. The van der Waals surface area contributed by atoms with Crippen molar-refractivity contribution in [2.45, 2.75) is 27.2 Å². The normalized spacial score (nSPS) is 12.8. The van der Waals surface area contributed by atoms with Crippen LogP contribution in [0.4, 0.5) is 0 Å². The Hall–Kier alpha value is -1.76. The summed E-state index contributed by atoms with van der Waals surface area (Å²) in [5, 5.41) is 8.92. The smallest absolute Gasteiger partial charge is 0.154 e. The highest BCUT2D eigenvalue weighted by Gasteiger charge is 2.09. The number of allylic oxidation sites excluding steroid dienone is 3. The van der Waals surface area contributed by atoms with Crippen molar-refractivity contribution < 1.29 is 9.53 Å². The molecule has 0 aromatic rings. The monoisotopic (exact) mass is 208 g/mol. The molecule has 82 valence electrons. The number of hydrogen-bond donors (Lipinski definition) is 1. The van der Waals surface area contributed by atoms with Crippen LogP contribution in [-0.4, -0.2) is 12.4 Å². The molecule has 0 fully saturated rings. The lowest BCUT2D eigenvalue weighted by molar-refractivity contribution is -0.112. The number of ether oxygens (including phenoxy) is 1. The Morgan fingerprint density at radius 2 is 2.13 bits per heavy atom. The van der Waals surface area contributed by atoms with Gasteiger partial charge in [-0.15, -0.1) is 0 Å². The third-order valence-electron chi connectivity index (χ3n) is 1.68. The van der Waals surface area contributed by atoms with Gasteiger partial charge in [0.15, 0.2) is 5.78 Å². The van der Waals surface area contributed by atoms with E-state index in [1.807, 2.05) is 19.9 Å². The molecule has 0 aliphatic carbocycles. The predicted octanol–water partition coefficient (Wildman–Crippen LogP) is 1.64. The van der Waals surface area contributed by atoms with Crippen LogP contribution in [0.5, 0.6) is 0 Å². The van der Waals surface area contributed by atoms with Crippen molar-refractivity contribution in [3.63, 3.8) is 0 Å². The molecular formula is C11H16N2O2. The maximum atomic E-state index is 10.8. The van der Waals surface area contributed by atoms with Crippen molar-refractivity contribution >= 4 is 5.78 Å². The molecule has 2 N–H and O–H groups in total. The van der Waals surface area contributed by atoms with Crippen LogP contribution in [0.25, 0.3) is 0 Å². The van der Waals surface area contributed by atoms with E-state index in [0.717, 1.165) is 0 Å². The number of hydrogen-bond acceptors (Lipinski definition) is 4. The van der Waals surface area contributed by atoms with E-state index in [9.17, 15) is 4.79 Å². The van der Waals surface area contributed by atoms with Crippen LogP contribution in [0.1, 0.15) is 27.2 Å². The molecule has 0 heterocycles. The van der Waals surface area contributed by atoms with Gasteiger partial charge in [0.25, 0.3) is 0 Å². The lowest BCUT2D eigenvalue weighted by Gasteiger charge is -2.09. The molecule has 0 radical (unpaired) electrons. The Morgan fingerprint density at radius 3 is 2.47 bits per heavy atom. The maximum Gasteiger partial charge on any atom is 0.154 e. The minimum atomic E-state index is -0.188. The number of rotatable bonds is 5. The van der Waals surface area contributed by atoms with Crippen LogP contribution < -0.4 is 5.73 Å². The van der Waals surface area contributed by atoms with Gasteiger partial charge in [-0.25, -0.2) is 0 Å². The molecule has 0 bridgehead atoms. The van der Waals surface area contributed by atoms with Gasteiger partial charge in [0.1, 0.15) is 17.4 Å². The summed E-state index contributed by atoms with van der Waals surface area (Å²) >= 11 is 0. The summed E-state index contributed by atoms with van der Waals surface area (Å²) in [4.78, 5) is 10.8. The van der Waals surface area contributed by atoms with E-state index in [0.29, 0.717) is 18.8 Å². The molecule has 0 aliphatic rings. The van der Waals surface area contributed by atoms with Gasteiger partial charge in [0.05, 0.1) is 12.3 Å². The van der Waals surface area contributed by atoms with Gasteiger partial charge < -0.3 is 10.5 Å². The summed E-state index contributed by atoms with van der Waals surface area (Å²) in [7, 11) is 0. The zero-order valence-electron chi connectivity index (χ0n) is 9.33. The van der Waals surface area contributed by atoms with Gasteiger partial charge >= 0.3 is 0 Å². The second-order valence-electron chi connectivity index (χ2n) is 2.91. The van der Waals surface area contributed by atoms with Crippen molar-refractivity contribution in [1.82, 2.24) is 0 Å². The second kappa shape index (κ2) is 6.66. The SMILES string of the molecule is CCO/C(CC)=C(C#N)\C(N)=C\C(C)=O. The first-order valence-electron chi connectivity index (χ1n) is 4.80. The van der Waals surface area contributed by atoms with Gasteiger partial charge in [-0.3, -0.25) is 4.79 Å². The van der Waals surface area contributed by atoms with Gasteiger partial charge in [-0.1, -0.05) is 6.92 Å². The van der Waals surface area contributed by atoms with Crippen molar-refractivity contribution in [2.75, 3.05) is 6.61 Å². The lowest BCUT2D eigenvalue weighted by Crippen LogP contribution is -2.07. The molecule has 0 amide bonds. The van der Waals surface area contributed by atoms with Crippen molar-refractivity contribution in [2.24, 2.45) is 5.73 Å². The van der Waals surface area contributed by atoms with E-state index in [2.05, 4.69) is 0 Å². The van der Waals surface area contributed by atoms with Crippen molar-refractivity contribution in [1.29, 1.82) is 5.26 Å². The summed E-state index contributed by atoms with van der Waals surface area (Å²) in [6, 6.07) is 1.95. The van der Waals surface area contributed by atoms with Crippen LogP contribution in [-0.2, 0) is 9.53 Å². The van der Waals surface area contributed by atoms with Gasteiger partial charge in [0, 0.05) is 12.5 Å². The minimum absolute atomic E-state index is 0.162. The van der Waals surface area contributed by atoms with Gasteiger partial charge in [-0.2, -0.15) is 5.26 Å². The minimum Gasteiger partial charge on any atom is -0.497 e. The summed E-state index contributed by atoms with van der Waals surface area (Å²) < 4.78 is 5.27. The second-order valence-corrected chi connectivity index (χ2v) is 2.91. The van der Waals surface area contributed by atoms with Crippen LogP contribution in [0.2, 0.25) is 0 Å². The Labute approximate surface area is 90.0 Å². The van der Waals surface area contributed by atoms with E-state index >= 15 is 0 Å². The maximum absolute atomic E-state index is 10.8. The molecule has 0 aromatic carbocycles. The van der Waals surface area contributed by atoms with Gasteiger partial charge in [-0.05, 0) is 13.8 Å². The predicted molar refractivity (Wildman–Crippen MR) is 57.5 cm³/mol. The quantitative estimate of drug-likeness (QED) is 0.322. The Bertz CT molecular complexity index is 335. The van der Waals surface area contributed by atoms with E-state index in [-0.39, 0.29) is 17.1 Å². The molecule has 0 rings (SSSR count). The van der Waals surface area contributed by atoms with Crippen LogP contribution in [0, 0.1) is 11.3 Å². The number of nitrogens with zero attached hydrogens (tertiary/aromatic N) is 1. The highest BCUT2D eigenvalue weighted by Crippen LogP contribution is 2.14. The van der Waals surface area contributed by atoms with E-state index in [1.165, 1.54) is 13.0 Å². The summed E-state index contributed by atoms with van der Waals surface area (Å²) in [5.41, 5.74) is 6.02. The topological polar surface area (TPSA) is 76.1 Å². The first-order chi connectivity index (χ1) is 7.06. The molecule has 0 aliphatic heterocycles. The molecule has 4 nitrogen and oxygen atoms in total. The lowest BCUT2D eigenvalue weighted by atomic mass is 10.1. The number of nitrogens with two attached hydrogens (primary N) is 1. The highest BCUT2D eigenvalue weighted by atomic mass is 16.5.